The smallest absolute Gasteiger partial charge is 0.310 e. The number of benzene rings is 2. The van der Waals surface area contributed by atoms with Crippen LogP contribution in [0.2, 0.25) is 0 Å². The highest BCUT2D eigenvalue weighted by atomic mass is 16.4. The third kappa shape index (κ3) is 10.7. The number of nitrogens with one attached hydrogen (secondary N) is 1. The summed E-state index contributed by atoms with van der Waals surface area (Å²) in [5.41, 5.74) is 1.97. The lowest BCUT2D eigenvalue weighted by Gasteiger charge is -2.36. The quantitative estimate of drug-likeness (QED) is 0.500. The number of hydrogen-bond acceptors (Lipinski definition) is 3. The second-order valence-electron chi connectivity index (χ2n) is 11.4. The first-order valence-electron chi connectivity index (χ1n) is 13.9. The van der Waals surface area contributed by atoms with Crippen molar-refractivity contribution in [3.05, 3.63) is 71.8 Å². The van der Waals surface area contributed by atoms with Crippen molar-refractivity contribution in [2.24, 2.45) is 23.7 Å². The van der Waals surface area contributed by atoms with Crippen molar-refractivity contribution in [3.8, 4) is 0 Å². The summed E-state index contributed by atoms with van der Waals surface area (Å²) >= 11 is 0. The van der Waals surface area contributed by atoms with Crippen LogP contribution in [0.1, 0.15) is 77.3 Å². The number of carbonyl (C=O) groups excluding carboxylic acids is 1. The minimum atomic E-state index is -0.781. The molecule has 37 heavy (non-hydrogen) atoms. The normalized spacial score (nSPS) is 24.9. The van der Waals surface area contributed by atoms with Gasteiger partial charge in [0.1, 0.15) is 0 Å². The number of hydrogen-bond donors (Lipinski definition) is 2. The predicted octanol–water partition coefficient (Wildman–Crippen LogP) is 6.42. The summed E-state index contributed by atoms with van der Waals surface area (Å²) in [5.74, 6) is 2.12. The van der Waals surface area contributed by atoms with Crippen molar-refractivity contribution in [3.63, 3.8) is 0 Å². The summed E-state index contributed by atoms with van der Waals surface area (Å²) in [4.78, 5) is 25.1. The molecule has 2 saturated heterocycles. The summed E-state index contributed by atoms with van der Waals surface area (Å²) in [7, 11) is 0. The summed E-state index contributed by atoms with van der Waals surface area (Å²) in [5, 5.41) is 12.0. The van der Waals surface area contributed by atoms with Crippen LogP contribution in [-0.4, -0.2) is 48.1 Å². The van der Waals surface area contributed by atoms with Gasteiger partial charge in [0.25, 0.3) is 0 Å². The van der Waals surface area contributed by atoms with E-state index in [9.17, 15) is 9.59 Å². The molecular weight excluding hydrogens is 460 g/mol. The first-order valence-corrected chi connectivity index (χ1v) is 13.9. The van der Waals surface area contributed by atoms with E-state index >= 15 is 0 Å². The van der Waals surface area contributed by atoms with Gasteiger partial charge in [0.15, 0.2) is 0 Å². The molecule has 5 heteroatoms. The molecule has 2 fully saturated rings. The van der Waals surface area contributed by atoms with E-state index in [-0.39, 0.29) is 11.8 Å². The number of amides is 1. The maximum absolute atomic E-state index is 12.5. The Balaban J connectivity index is 0.000000215. The summed E-state index contributed by atoms with van der Waals surface area (Å²) < 4.78 is 0. The van der Waals surface area contributed by atoms with Crippen molar-refractivity contribution >= 4 is 11.9 Å². The van der Waals surface area contributed by atoms with Gasteiger partial charge in [-0.05, 0) is 74.6 Å². The maximum Gasteiger partial charge on any atom is 0.310 e. The molecule has 0 saturated carbocycles. The van der Waals surface area contributed by atoms with Crippen LogP contribution in [0.4, 0.5) is 0 Å². The Bertz CT molecular complexity index is 916. The third-order valence-electron chi connectivity index (χ3n) is 7.31. The highest BCUT2D eigenvalue weighted by molar-refractivity contribution is 5.83. The van der Waals surface area contributed by atoms with Crippen LogP contribution in [0.5, 0.6) is 0 Å². The molecule has 0 aromatic heterocycles. The lowest BCUT2D eigenvalue weighted by atomic mass is 9.90. The molecule has 0 spiro atoms. The molecule has 5 nitrogen and oxygen atoms in total. The minimum absolute atomic E-state index is 0.0244. The van der Waals surface area contributed by atoms with Gasteiger partial charge in [0.2, 0.25) is 5.91 Å². The topological polar surface area (TPSA) is 69.6 Å². The Morgan fingerprint density at radius 3 is 1.51 bits per heavy atom. The highest BCUT2D eigenvalue weighted by Gasteiger charge is 2.28. The Morgan fingerprint density at radius 2 is 1.14 bits per heavy atom. The molecule has 204 valence electrons. The van der Waals surface area contributed by atoms with Crippen molar-refractivity contribution < 1.29 is 14.7 Å². The number of carboxylic acids is 1. The molecule has 2 aromatic carbocycles. The molecule has 6 atom stereocenters. The van der Waals surface area contributed by atoms with E-state index in [4.69, 9.17) is 5.11 Å². The van der Waals surface area contributed by atoms with E-state index in [0.717, 1.165) is 36.1 Å². The van der Waals surface area contributed by atoms with Crippen LogP contribution in [0, 0.1) is 23.7 Å². The summed E-state index contributed by atoms with van der Waals surface area (Å²) in [6, 6.07) is 19.3. The number of rotatable bonds is 4. The van der Waals surface area contributed by atoms with Crippen LogP contribution in [0.25, 0.3) is 0 Å². The van der Waals surface area contributed by atoms with Gasteiger partial charge >= 0.3 is 5.97 Å². The molecule has 2 aliphatic rings. The minimum Gasteiger partial charge on any atom is -0.481 e. The zero-order chi connectivity index (χ0) is 27.4. The van der Waals surface area contributed by atoms with E-state index in [1.165, 1.54) is 25.9 Å². The molecule has 1 amide bonds. The molecule has 2 heterocycles. The fourth-order valence-corrected chi connectivity index (χ4v) is 5.32. The Hall–Kier alpha value is -2.66. The van der Waals surface area contributed by atoms with Gasteiger partial charge in [-0.2, -0.15) is 0 Å². The Labute approximate surface area is 224 Å². The molecule has 2 N–H and O–H groups in total. The van der Waals surface area contributed by atoms with E-state index in [1.54, 1.807) is 6.92 Å². The standard InChI is InChI=1S/C16H23NO.C9H10O2.C7H15N/c1-12-9-13(2)11-17(10-12)16(18)14(3)15-7-5-4-6-8-15;1-7(9(10)11)8-5-3-2-4-6-8;1-6-3-7(2)5-8-4-6/h4-8,12-14H,9-11H2,1-3H3;2-7H,1H3,(H,10,11);6-8H,3-5H2,1-2H3. The molecule has 2 aliphatic heterocycles. The first kappa shape index (κ1) is 30.6. The number of carbonyl (C=O) groups is 2. The lowest BCUT2D eigenvalue weighted by Crippen LogP contribution is -2.44. The van der Waals surface area contributed by atoms with Crippen LogP contribution in [0.15, 0.2) is 60.7 Å². The average Bonchev–Trinajstić information content (AvgIpc) is 2.88. The van der Waals surface area contributed by atoms with Crippen LogP contribution in [-0.2, 0) is 9.59 Å². The van der Waals surface area contributed by atoms with Crippen LogP contribution in [0.3, 0.4) is 0 Å². The van der Waals surface area contributed by atoms with Crippen molar-refractivity contribution in [2.45, 2.75) is 66.2 Å². The van der Waals surface area contributed by atoms with Crippen molar-refractivity contribution in [2.75, 3.05) is 26.2 Å². The van der Waals surface area contributed by atoms with Gasteiger partial charge < -0.3 is 15.3 Å². The lowest BCUT2D eigenvalue weighted by molar-refractivity contribution is -0.138. The van der Waals surface area contributed by atoms with E-state index in [1.807, 2.05) is 67.6 Å². The summed E-state index contributed by atoms with van der Waals surface area (Å²) in [6.45, 7) is 17.1. The zero-order valence-electron chi connectivity index (χ0n) is 23.7. The van der Waals surface area contributed by atoms with Crippen molar-refractivity contribution in [1.29, 1.82) is 0 Å². The second kappa shape index (κ2) is 15.6. The van der Waals surface area contributed by atoms with Gasteiger partial charge in [-0.3, -0.25) is 9.59 Å². The third-order valence-corrected chi connectivity index (χ3v) is 7.31. The van der Waals surface area contributed by atoms with Crippen molar-refractivity contribution in [1.82, 2.24) is 10.2 Å². The molecular formula is C32H48N2O3. The molecule has 0 radical (unpaired) electrons. The zero-order valence-corrected chi connectivity index (χ0v) is 23.7. The largest absolute Gasteiger partial charge is 0.481 e. The van der Waals surface area contributed by atoms with Gasteiger partial charge in [-0.25, -0.2) is 0 Å². The van der Waals surface area contributed by atoms with Crippen LogP contribution < -0.4 is 5.32 Å². The number of carboxylic acid groups (broad SMARTS) is 1. The fourth-order valence-electron chi connectivity index (χ4n) is 5.32. The van der Waals surface area contributed by atoms with Gasteiger partial charge in [0, 0.05) is 13.1 Å². The number of aliphatic carboxylic acids is 1. The maximum atomic E-state index is 12.5. The van der Waals surface area contributed by atoms with E-state index < -0.39 is 11.9 Å². The van der Waals surface area contributed by atoms with Gasteiger partial charge in [0.05, 0.1) is 11.8 Å². The SMILES string of the molecule is CC(C(=O)O)c1ccccc1.CC1CC(C)CN(C(=O)C(C)c2ccccc2)C1.CC1CNCC(C)C1. The highest BCUT2D eigenvalue weighted by Crippen LogP contribution is 2.25. The first-order chi connectivity index (χ1) is 17.6. The average molecular weight is 509 g/mol. The molecule has 0 bridgehead atoms. The number of piperidine rings is 2. The summed E-state index contributed by atoms with van der Waals surface area (Å²) in [6.07, 6.45) is 2.65. The van der Waals surface area contributed by atoms with E-state index in [2.05, 4.69) is 37.9 Å². The fraction of sp³-hybridized carbons (Fsp3) is 0.562. The van der Waals surface area contributed by atoms with Crippen LogP contribution >= 0.6 is 0 Å². The predicted molar refractivity (Wildman–Crippen MR) is 153 cm³/mol. The molecule has 4 rings (SSSR count). The van der Waals surface area contributed by atoms with Gasteiger partial charge in [-0.1, -0.05) is 88.4 Å². The van der Waals surface area contributed by atoms with E-state index in [0.29, 0.717) is 11.8 Å². The molecule has 6 unspecified atom stereocenters. The monoisotopic (exact) mass is 508 g/mol. The number of likely N-dealkylation sites (tertiary alicyclic amines) is 1. The number of nitrogens with zero attached hydrogens (tertiary/aromatic N) is 1. The Kier molecular flexibility index (Phi) is 12.9. The molecule has 0 aliphatic carbocycles. The second-order valence-corrected chi connectivity index (χ2v) is 11.4. The van der Waals surface area contributed by atoms with Gasteiger partial charge in [-0.15, -0.1) is 0 Å². The Morgan fingerprint density at radius 1 is 0.730 bits per heavy atom. The molecule has 2 aromatic rings.